The van der Waals surface area contributed by atoms with Crippen LogP contribution in [0.25, 0.3) is 0 Å². The Morgan fingerprint density at radius 2 is 1.56 bits per heavy atom. The lowest BCUT2D eigenvalue weighted by atomic mass is 10.2. The van der Waals surface area contributed by atoms with Crippen LogP contribution < -0.4 is 26.0 Å². The molecule has 9 heteroatoms. The summed E-state index contributed by atoms with van der Waals surface area (Å²) in [6.45, 7) is 5.29. The van der Waals surface area contributed by atoms with Gasteiger partial charge in [0, 0.05) is 23.0 Å². The van der Waals surface area contributed by atoms with Gasteiger partial charge in [-0.05, 0) is 76.1 Å². The number of benzene rings is 2. The maximum atomic E-state index is 12.6. The third-order valence-corrected chi connectivity index (χ3v) is 4.41. The molecule has 0 radical (unpaired) electrons. The molecule has 1 aliphatic rings. The van der Waals surface area contributed by atoms with Gasteiger partial charge in [-0.3, -0.25) is 10.1 Å². The van der Waals surface area contributed by atoms with Crippen molar-refractivity contribution in [3.05, 3.63) is 48.0 Å². The number of urea groups is 1. The summed E-state index contributed by atoms with van der Waals surface area (Å²) in [5.74, 6) is 0.0844. The Balaban J connectivity index is 1.63. The number of ether oxygens (including phenoxy) is 2. The molecule has 1 aliphatic carbocycles. The van der Waals surface area contributed by atoms with Crippen molar-refractivity contribution in [2.75, 3.05) is 23.1 Å². The van der Waals surface area contributed by atoms with Crippen LogP contribution in [0.3, 0.4) is 0 Å². The molecule has 4 amide bonds. The number of rotatable bonds is 6. The van der Waals surface area contributed by atoms with Crippen LogP contribution in [0.1, 0.15) is 44.0 Å². The molecule has 4 N–H and O–H groups in total. The zero-order chi connectivity index (χ0) is 23.3. The Morgan fingerprint density at radius 3 is 2.16 bits per heavy atom. The predicted molar refractivity (Wildman–Crippen MR) is 122 cm³/mol. The van der Waals surface area contributed by atoms with Gasteiger partial charge in [0.15, 0.2) is 0 Å². The summed E-state index contributed by atoms with van der Waals surface area (Å²) < 4.78 is 10.5. The molecule has 1 fully saturated rings. The molecule has 170 valence electrons. The second-order valence-corrected chi connectivity index (χ2v) is 8.45. The minimum Gasteiger partial charge on any atom is -0.495 e. The van der Waals surface area contributed by atoms with Crippen molar-refractivity contribution in [1.29, 1.82) is 0 Å². The first-order chi connectivity index (χ1) is 15.1. The smallest absolute Gasteiger partial charge is 0.412 e. The molecule has 0 bridgehead atoms. The minimum absolute atomic E-state index is 0.257. The van der Waals surface area contributed by atoms with E-state index in [9.17, 15) is 14.4 Å². The molecule has 0 spiro atoms. The van der Waals surface area contributed by atoms with Gasteiger partial charge in [0.05, 0.1) is 12.8 Å². The highest BCUT2D eigenvalue weighted by Crippen LogP contribution is 2.29. The van der Waals surface area contributed by atoms with Crippen molar-refractivity contribution in [2.24, 2.45) is 0 Å². The predicted octanol–water partition coefficient (Wildman–Crippen LogP) is 4.58. The van der Waals surface area contributed by atoms with Gasteiger partial charge in [0.25, 0.3) is 5.91 Å². The van der Waals surface area contributed by atoms with Crippen LogP contribution in [0.15, 0.2) is 42.5 Å². The van der Waals surface area contributed by atoms with E-state index >= 15 is 0 Å². The van der Waals surface area contributed by atoms with Gasteiger partial charge >= 0.3 is 12.1 Å². The molecule has 0 saturated heterocycles. The summed E-state index contributed by atoms with van der Waals surface area (Å²) in [7, 11) is 1.48. The van der Waals surface area contributed by atoms with Gasteiger partial charge in [-0.25, -0.2) is 9.59 Å². The van der Waals surface area contributed by atoms with E-state index in [1.165, 1.54) is 7.11 Å². The Labute approximate surface area is 186 Å². The van der Waals surface area contributed by atoms with Crippen LogP contribution in [-0.4, -0.2) is 36.8 Å². The van der Waals surface area contributed by atoms with E-state index in [-0.39, 0.29) is 18.0 Å². The molecule has 2 aromatic carbocycles. The Morgan fingerprint density at radius 1 is 0.906 bits per heavy atom. The molecule has 1 saturated carbocycles. The molecule has 0 unspecified atom stereocenters. The van der Waals surface area contributed by atoms with Crippen LogP contribution in [0.2, 0.25) is 0 Å². The first-order valence-corrected chi connectivity index (χ1v) is 10.3. The lowest BCUT2D eigenvalue weighted by molar-refractivity contribution is 0.0635. The Kier molecular flexibility index (Phi) is 6.87. The molecule has 9 nitrogen and oxygen atoms in total. The topological polar surface area (TPSA) is 118 Å². The summed E-state index contributed by atoms with van der Waals surface area (Å²) in [5, 5.41) is 11.0. The fraction of sp³-hybridized carbons (Fsp3) is 0.348. The number of hydrogen-bond acceptors (Lipinski definition) is 5. The highest BCUT2D eigenvalue weighted by Gasteiger charge is 2.23. The maximum absolute atomic E-state index is 12.6. The van der Waals surface area contributed by atoms with Gasteiger partial charge in [0.2, 0.25) is 0 Å². The fourth-order valence-electron chi connectivity index (χ4n) is 2.79. The average Bonchev–Trinajstić information content (AvgIpc) is 3.51. The normalized spacial score (nSPS) is 13.0. The van der Waals surface area contributed by atoms with Crippen LogP contribution >= 0.6 is 0 Å². The van der Waals surface area contributed by atoms with Crippen molar-refractivity contribution < 1.29 is 23.9 Å². The molecule has 0 heterocycles. The third-order valence-electron chi connectivity index (χ3n) is 4.41. The first-order valence-electron chi connectivity index (χ1n) is 10.3. The monoisotopic (exact) mass is 440 g/mol. The molecule has 32 heavy (non-hydrogen) atoms. The summed E-state index contributed by atoms with van der Waals surface area (Å²) in [6.07, 6.45) is 1.38. The van der Waals surface area contributed by atoms with E-state index in [0.29, 0.717) is 28.4 Å². The third kappa shape index (κ3) is 6.90. The summed E-state index contributed by atoms with van der Waals surface area (Å²) in [5.41, 5.74) is 1.18. The summed E-state index contributed by atoms with van der Waals surface area (Å²) in [4.78, 5) is 36.5. The van der Waals surface area contributed by atoms with Crippen molar-refractivity contribution >= 4 is 35.1 Å². The second kappa shape index (κ2) is 9.59. The zero-order valence-corrected chi connectivity index (χ0v) is 18.6. The fourth-order valence-corrected chi connectivity index (χ4v) is 2.79. The summed E-state index contributed by atoms with van der Waals surface area (Å²) in [6, 6.07) is 11.4. The number of carbonyl (C=O) groups is 3. The lowest BCUT2D eigenvalue weighted by Gasteiger charge is -2.20. The number of nitrogens with one attached hydrogen (secondary N) is 4. The number of hydrogen-bond donors (Lipinski definition) is 4. The second-order valence-electron chi connectivity index (χ2n) is 8.45. The highest BCUT2D eigenvalue weighted by atomic mass is 16.6. The van der Waals surface area contributed by atoms with E-state index in [0.717, 1.165) is 12.8 Å². The standard InChI is InChI=1S/C23H28N4O5/c1-23(2,3)32-22(30)27-18-13-17(11-12-19(18)31-4)24-20(28)14-5-7-15(8-6-14)25-21(29)26-16-9-10-16/h5-8,11-13,16H,9-10H2,1-4H3,(H,24,28)(H,27,30)(H2,25,26,29). The maximum Gasteiger partial charge on any atom is 0.412 e. The molecule has 2 aromatic rings. The van der Waals surface area contributed by atoms with E-state index in [1.54, 1.807) is 63.2 Å². The SMILES string of the molecule is COc1ccc(NC(=O)c2ccc(NC(=O)NC3CC3)cc2)cc1NC(=O)OC(C)(C)C. The van der Waals surface area contributed by atoms with Crippen molar-refractivity contribution in [1.82, 2.24) is 5.32 Å². The Hall–Kier alpha value is -3.75. The van der Waals surface area contributed by atoms with E-state index < -0.39 is 11.7 Å². The quantitative estimate of drug-likeness (QED) is 0.524. The first kappa shape index (κ1) is 22.9. The lowest BCUT2D eigenvalue weighted by Crippen LogP contribution is -2.30. The molecule has 3 rings (SSSR count). The number of anilines is 3. The van der Waals surface area contributed by atoms with Crippen molar-refractivity contribution in [3.8, 4) is 5.75 Å². The molecule has 0 aromatic heterocycles. The van der Waals surface area contributed by atoms with Gasteiger partial charge in [0.1, 0.15) is 11.4 Å². The highest BCUT2D eigenvalue weighted by molar-refractivity contribution is 6.05. The summed E-state index contributed by atoms with van der Waals surface area (Å²) >= 11 is 0. The van der Waals surface area contributed by atoms with Gasteiger partial charge < -0.3 is 25.4 Å². The zero-order valence-electron chi connectivity index (χ0n) is 18.6. The van der Waals surface area contributed by atoms with Crippen LogP contribution in [-0.2, 0) is 4.74 Å². The molecular weight excluding hydrogens is 412 g/mol. The van der Waals surface area contributed by atoms with Gasteiger partial charge in [-0.1, -0.05) is 0 Å². The Bertz CT molecular complexity index is 994. The van der Waals surface area contributed by atoms with E-state index in [4.69, 9.17) is 9.47 Å². The number of methoxy groups -OCH3 is 1. The van der Waals surface area contributed by atoms with E-state index in [1.807, 2.05) is 0 Å². The van der Waals surface area contributed by atoms with E-state index in [2.05, 4.69) is 21.3 Å². The van der Waals surface area contributed by atoms with Gasteiger partial charge in [-0.2, -0.15) is 0 Å². The molecule has 0 atom stereocenters. The van der Waals surface area contributed by atoms with Crippen LogP contribution in [0, 0.1) is 0 Å². The number of amides is 4. The van der Waals surface area contributed by atoms with Crippen molar-refractivity contribution in [2.45, 2.75) is 45.3 Å². The molecular formula is C23H28N4O5. The van der Waals surface area contributed by atoms with Crippen molar-refractivity contribution in [3.63, 3.8) is 0 Å². The van der Waals surface area contributed by atoms with Gasteiger partial charge in [-0.15, -0.1) is 0 Å². The molecule has 0 aliphatic heterocycles. The number of carbonyl (C=O) groups excluding carboxylic acids is 3. The van der Waals surface area contributed by atoms with Crippen LogP contribution in [0.5, 0.6) is 5.75 Å². The van der Waals surface area contributed by atoms with Crippen LogP contribution in [0.4, 0.5) is 26.7 Å². The largest absolute Gasteiger partial charge is 0.495 e. The average molecular weight is 441 g/mol. The minimum atomic E-state index is -0.650.